The van der Waals surface area contributed by atoms with Crippen LogP contribution in [0, 0.1) is 11.3 Å². The second-order valence-electron chi connectivity index (χ2n) is 6.08. The highest BCUT2D eigenvalue weighted by atomic mass is 32.1. The van der Waals surface area contributed by atoms with Crippen molar-refractivity contribution in [1.29, 1.82) is 5.26 Å². The molecule has 1 aliphatic heterocycles. The number of nitrogen functional groups attached to an aromatic ring is 1. The molecule has 0 amide bonds. The summed E-state index contributed by atoms with van der Waals surface area (Å²) < 4.78 is 5.88. The molecular formula is C19H18N4OS. The Hall–Kier alpha value is -2.62. The minimum atomic E-state index is 0.168. The summed E-state index contributed by atoms with van der Waals surface area (Å²) >= 11 is 1.67. The maximum atomic E-state index is 9.54. The summed E-state index contributed by atoms with van der Waals surface area (Å²) in [6.07, 6.45) is 7.26. The van der Waals surface area contributed by atoms with Crippen LogP contribution in [0.25, 0.3) is 21.7 Å². The Morgan fingerprint density at radius 1 is 1.32 bits per heavy atom. The number of aromatic amines is 1. The van der Waals surface area contributed by atoms with Crippen LogP contribution in [0.3, 0.4) is 0 Å². The van der Waals surface area contributed by atoms with Gasteiger partial charge in [0.05, 0.1) is 11.8 Å². The molecule has 0 spiro atoms. The first kappa shape index (κ1) is 15.9. The number of aromatic nitrogens is 2. The Morgan fingerprint density at radius 2 is 2.24 bits per heavy atom. The summed E-state index contributed by atoms with van der Waals surface area (Å²) in [4.78, 5) is 9.63. The number of H-pyrrole nitrogens is 1. The van der Waals surface area contributed by atoms with Crippen LogP contribution in [-0.2, 0) is 4.74 Å². The van der Waals surface area contributed by atoms with E-state index in [0.29, 0.717) is 5.56 Å². The lowest BCUT2D eigenvalue weighted by molar-refractivity contribution is 0.0172. The predicted octanol–water partition coefficient (Wildman–Crippen LogP) is 4.50. The maximum absolute atomic E-state index is 9.54. The molecule has 4 heterocycles. The van der Waals surface area contributed by atoms with Crippen molar-refractivity contribution in [1.82, 2.24) is 9.97 Å². The Bertz CT molecular complexity index is 918. The zero-order chi connectivity index (χ0) is 17.2. The predicted molar refractivity (Wildman–Crippen MR) is 99.0 cm³/mol. The highest BCUT2D eigenvalue weighted by molar-refractivity contribution is 7.15. The molecule has 3 N–H and O–H groups in total. The van der Waals surface area contributed by atoms with E-state index in [1.165, 1.54) is 11.3 Å². The SMILES string of the molecule is N#Cc1c(-c2ccc([C@H]3CCCCO3)s2)cc(-c2cc[nH]c2)nc1N. The van der Waals surface area contributed by atoms with E-state index in [4.69, 9.17) is 10.5 Å². The molecule has 1 aliphatic rings. The number of ether oxygens (including phenoxy) is 1. The van der Waals surface area contributed by atoms with Crippen molar-refractivity contribution in [3.63, 3.8) is 0 Å². The number of hydrogen-bond acceptors (Lipinski definition) is 5. The zero-order valence-electron chi connectivity index (χ0n) is 13.7. The van der Waals surface area contributed by atoms with Crippen LogP contribution in [-0.4, -0.2) is 16.6 Å². The topological polar surface area (TPSA) is 87.7 Å². The minimum absolute atomic E-state index is 0.168. The van der Waals surface area contributed by atoms with Gasteiger partial charge in [-0.15, -0.1) is 11.3 Å². The number of nitrogens with zero attached hydrogens (tertiary/aromatic N) is 2. The zero-order valence-corrected chi connectivity index (χ0v) is 14.5. The fourth-order valence-electron chi connectivity index (χ4n) is 3.14. The van der Waals surface area contributed by atoms with Gasteiger partial charge in [-0.1, -0.05) is 0 Å². The van der Waals surface area contributed by atoms with Gasteiger partial charge < -0.3 is 15.5 Å². The lowest BCUT2D eigenvalue weighted by Crippen LogP contribution is -2.09. The quantitative estimate of drug-likeness (QED) is 0.728. The van der Waals surface area contributed by atoms with Crippen LogP contribution in [0.5, 0.6) is 0 Å². The number of nitrogens with two attached hydrogens (primary N) is 1. The number of nitrogens with one attached hydrogen (secondary N) is 1. The smallest absolute Gasteiger partial charge is 0.142 e. The summed E-state index contributed by atoms with van der Waals surface area (Å²) in [5.74, 6) is 0.264. The second kappa shape index (κ2) is 6.71. The van der Waals surface area contributed by atoms with Gasteiger partial charge in [0.1, 0.15) is 17.5 Å². The van der Waals surface area contributed by atoms with Crippen LogP contribution in [0.2, 0.25) is 0 Å². The van der Waals surface area contributed by atoms with Gasteiger partial charge in [0, 0.05) is 39.9 Å². The average molecular weight is 350 g/mol. The summed E-state index contributed by atoms with van der Waals surface area (Å²) in [6.45, 7) is 0.821. The van der Waals surface area contributed by atoms with Crippen LogP contribution < -0.4 is 5.73 Å². The lowest BCUT2D eigenvalue weighted by Gasteiger charge is -2.21. The second-order valence-corrected chi connectivity index (χ2v) is 7.20. The summed E-state index contributed by atoms with van der Waals surface area (Å²) in [5.41, 5.74) is 9.03. The maximum Gasteiger partial charge on any atom is 0.142 e. The number of hydrogen-bond donors (Lipinski definition) is 2. The third-order valence-electron chi connectivity index (χ3n) is 4.44. The molecule has 3 aromatic heterocycles. The molecule has 3 aromatic rings. The van der Waals surface area contributed by atoms with E-state index < -0.39 is 0 Å². The molecule has 1 saturated heterocycles. The average Bonchev–Trinajstić information content (AvgIpc) is 3.34. The van der Waals surface area contributed by atoms with Gasteiger partial charge in [-0.25, -0.2) is 4.98 Å². The summed E-state index contributed by atoms with van der Waals surface area (Å²) in [5, 5.41) is 9.54. The fraction of sp³-hybridized carbons (Fsp3) is 0.263. The minimum Gasteiger partial charge on any atom is -0.383 e. The third-order valence-corrected chi connectivity index (χ3v) is 5.65. The van der Waals surface area contributed by atoms with Gasteiger partial charge in [-0.05, 0) is 43.5 Å². The number of nitriles is 1. The molecule has 4 rings (SSSR count). The molecule has 0 aromatic carbocycles. The highest BCUT2D eigenvalue weighted by Gasteiger charge is 2.20. The first-order chi connectivity index (χ1) is 12.3. The molecule has 0 unspecified atom stereocenters. The number of thiophene rings is 1. The van der Waals surface area contributed by atoms with Crippen molar-refractivity contribution in [3.05, 3.63) is 47.1 Å². The van der Waals surface area contributed by atoms with Crippen LogP contribution in [0.1, 0.15) is 35.8 Å². The van der Waals surface area contributed by atoms with E-state index in [9.17, 15) is 5.26 Å². The van der Waals surface area contributed by atoms with Gasteiger partial charge in [0.2, 0.25) is 0 Å². The van der Waals surface area contributed by atoms with Crippen LogP contribution in [0.4, 0.5) is 5.82 Å². The Kier molecular flexibility index (Phi) is 4.26. The van der Waals surface area contributed by atoms with Crippen molar-refractivity contribution in [2.45, 2.75) is 25.4 Å². The van der Waals surface area contributed by atoms with E-state index in [0.717, 1.165) is 41.1 Å². The molecule has 0 radical (unpaired) electrons. The summed E-state index contributed by atoms with van der Waals surface area (Å²) in [7, 11) is 0. The number of anilines is 1. The first-order valence-electron chi connectivity index (χ1n) is 8.32. The standard InChI is InChI=1S/C19H18N4OS/c20-10-14-13(9-15(23-19(14)21)12-6-7-22-11-12)17-4-5-18(25-17)16-3-1-2-8-24-16/h4-7,9,11,16,22H,1-3,8H2,(H2,21,23)/t16-/m1/s1. The van der Waals surface area contributed by atoms with Gasteiger partial charge in [-0.2, -0.15) is 5.26 Å². The third kappa shape index (κ3) is 3.04. The Labute approximate surface area is 150 Å². The van der Waals surface area contributed by atoms with Gasteiger partial charge in [-0.3, -0.25) is 0 Å². The Morgan fingerprint density at radius 3 is 2.96 bits per heavy atom. The normalized spacial score (nSPS) is 17.3. The van der Waals surface area contributed by atoms with Crippen molar-refractivity contribution in [2.24, 2.45) is 0 Å². The monoisotopic (exact) mass is 350 g/mol. The van der Waals surface area contributed by atoms with Crippen molar-refractivity contribution in [2.75, 3.05) is 12.3 Å². The van der Waals surface area contributed by atoms with E-state index in [1.54, 1.807) is 11.3 Å². The number of pyridine rings is 1. The van der Waals surface area contributed by atoms with E-state index >= 15 is 0 Å². The molecular weight excluding hydrogens is 332 g/mol. The molecule has 1 fully saturated rings. The molecule has 1 atom stereocenters. The molecule has 25 heavy (non-hydrogen) atoms. The van der Waals surface area contributed by atoms with Crippen molar-refractivity contribution in [3.8, 4) is 27.8 Å². The lowest BCUT2D eigenvalue weighted by atomic mass is 10.0. The van der Waals surface area contributed by atoms with Crippen molar-refractivity contribution >= 4 is 17.2 Å². The molecule has 6 heteroatoms. The highest BCUT2D eigenvalue weighted by Crippen LogP contribution is 2.39. The summed E-state index contributed by atoms with van der Waals surface area (Å²) in [6, 6.07) is 10.2. The van der Waals surface area contributed by atoms with E-state index in [1.807, 2.05) is 24.5 Å². The molecule has 0 bridgehead atoms. The largest absolute Gasteiger partial charge is 0.383 e. The molecule has 0 aliphatic carbocycles. The van der Waals surface area contributed by atoms with Gasteiger partial charge in [0.25, 0.3) is 0 Å². The molecule has 0 saturated carbocycles. The first-order valence-corrected chi connectivity index (χ1v) is 9.13. The fourth-order valence-corrected chi connectivity index (χ4v) is 4.26. The Balaban J connectivity index is 1.76. The number of rotatable bonds is 3. The van der Waals surface area contributed by atoms with Gasteiger partial charge >= 0.3 is 0 Å². The van der Waals surface area contributed by atoms with Gasteiger partial charge in [0.15, 0.2) is 0 Å². The van der Waals surface area contributed by atoms with Crippen LogP contribution >= 0.6 is 11.3 Å². The van der Waals surface area contributed by atoms with Crippen LogP contribution in [0.15, 0.2) is 36.7 Å². The van der Waals surface area contributed by atoms with Crippen molar-refractivity contribution < 1.29 is 4.74 Å². The molecule has 5 nitrogen and oxygen atoms in total. The molecule has 126 valence electrons. The van der Waals surface area contributed by atoms with E-state index in [-0.39, 0.29) is 11.9 Å². The van der Waals surface area contributed by atoms with E-state index in [2.05, 4.69) is 28.2 Å².